The Morgan fingerprint density at radius 2 is 1.54 bits per heavy atom. The average molecular weight is 474 g/mol. The van der Waals surface area contributed by atoms with E-state index in [1.54, 1.807) is 19.2 Å². The van der Waals surface area contributed by atoms with Gasteiger partial charge in [0.25, 0.3) is 5.91 Å². The van der Waals surface area contributed by atoms with E-state index >= 15 is 0 Å². The molecule has 3 aromatic rings. The Bertz CT molecular complexity index is 1100. The number of hydrogen-bond donors (Lipinski definition) is 2. The van der Waals surface area contributed by atoms with Gasteiger partial charge in [-0.05, 0) is 41.0 Å². The zero-order valence-corrected chi connectivity index (χ0v) is 19.9. The molecule has 182 valence electrons. The first-order valence-electron chi connectivity index (χ1n) is 11.8. The molecule has 0 aliphatic carbocycles. The number of hydrogen-bond acceptors (Lipinski definition) is 5. The highest BCUT2D eigenvalue weighted by molar-refractivity contribution is 5.96. The van der Waals surface area contributed by atoms with Crippen LogP contribution >= 0.6 is 0 Å². The predicted molar refractivity (Wildman–Crippen MR) is 135 cm³/mol. The van der Waals surface area contributed by atoms with Crippen molar-refractivity contribution in [2.24, 2.45) is 0 Å². The second kappa shape index (κ2) is 12.1. The van der Waals surface area contributed by atoms with Crippen molar-refractivity contribution >= 4 is 11.8 Å². The summed E-state index contributed by atoms with van der Waals surface area (Å²) in [7, 11) is 1.64. The highest BCUT2D eigenvalue weighted by atomic mass is 16.5. The number of benzene rings is 3. The van der Waals surface area contributed by atoms with Crippen LogP contribution in [0.2, 0.25) is 0 Å². The van der Waals surface area contributed by atoms with Gasteiger partial charge in [0.15, 0.2) is 0 Å². The zero-order valence-electron chi connectivity index (χ0n) is 19.9. The van der Waals surface area contributed by atoms with Crippen LogP contribution in [-0.4, -0.2) is 63.2 Å². The minimum Gasteiger partial charge on any atom is -0.497 e. The molecule has 2 N–H and O–H groups in total. The van der Waals surface area contributed by atoms with Crippen LogP contribution in [0.5, 0.6) is 5.75 Å². The van der Waals surface area contributed by atoms with Gasteiger partial charge in [-0.25, -0.2) is 0 Å². The fourth-order valence-corrected chi connectivity index (χ4v) is 4.15. The summed E-state index contributed by atoms with van der Waals surface area (Å²) in [4.78, 5) is 27.4. The van der Waals surface area contributed by atoms with Gasteiger partial charge in [0.05, 0.1) is 32.9 Å². The van der Waals surface area contributed by atoms with Gasteiger partial charge in [-0.15, -0.1) is 0 Å². The molecule has 0 saturated carbocycles. The maximum Gasteiger partial charge on any atom is 0.251 e. The number of nitrogens with zero attached hydrogens (tertiary/aromatic N) is 1. The zero-order chi connectivity index (χ0) is 24.5. The van der Waals surface area contributed by atoms with Gasteiger partial charge in [0.1, 0.15) is 5.75 Å². The standard InChI is InChI=1S/C28H31N3O4/c1-34-25-13-11-23(12-14-25)26(31-15-17-35-18-16-31)19-29-27(32)20-30-28(33)24-9-7-22(8-10-24)21-5-3-2-4-6-21/h2-14,26H,15-20H2,1H3,(H,29,32)(H,30,33)/t26-/m0/s1. The van der Waals surface area contributed by atoms with E-state index in [1.165, 1.54) is 0 Å². The number of ether oxygens (including phenoxy) is 2. The summed E-state index contributed by atoms with van der Waals surface area (Å²) >= 11 is 0. The summed E-state index contributed by atoms with van der Waals surface area (Å²) in [5.74, 6) is 0.281. The molecule has 1 aliphatic heterocycles. The number of carbonyl (C=O) groups is 2. The van der Waals surface area contributed by atoms with Crippen molar-refractivity contribution in [1.29, 1.82) is 0 Å². The summed E-state index contributed by atoms with van der Waals surface area (Å²) in [6, 6.07) is 25.2. The molecule has 0 spiro atoms. The Kier molecular flexibility index (Phi) is 8.48. The smallest absolute Gasteiger partial charge is 0.251 e. The molecular formula is C28H31N3O4. The third-order valence-electron chi connectivity index (χ3n) is 6.14. The molecule has 0 unspecified atom stereocenters. The van der Waals surface area contributed by atoms with E-state index in [9.17, 15) is 9.59 Å². The molecule has 4 rings (SSSR count). The molecule has 0 radical (unpaired) electrons. The third-order valence-corrected chi connectivity index (χ3v) is 6.14. The molecule has 1 fully saturated rings. The van der Waals surface area contributed by atoms with E-state index in [0.29, 0.717) is 25.3 Å². The van der Waals surface area contributed by atoms with Crippen LogP contribution in [-0.2, 0) is 9.53 Å². The lowest BCUT2D eigenvalue weighted by molar-refractivity contribution is -0.120. The van der Waals surface area contributed by atoms with E-state index in [1.807, 2.05) is 66.7 Å². The number of amides is 2. The Labute approximate surface area is 206 Å². The number of methoxy groups -OCH3 is 1. The molecule has 1 heterocycles. The Balaban J connectivity index is 1.31. The van der Waals surface area contributed by atoms with E-state index in [4.69, 9.17) is 9.47 Å². The van der Waals surface area contributed by atoms with Gasteiger partial charge in [0.2, 0.25) is 5.91 Å². The van der Waals surface area contributed by atoms with Gasteiger partial charge >= 0.3 is 0 Å². The van der Waals surface area contributed by atoms with Crippen molar-refractivity contribution in [2.45, 2.75) is 6.04 Å². The molecule has 3 aromatic carbocycles. The second-order valence-corrected chi connectivity index (χ2v) is 8.37. The first-order chi connectivity index (χ1) is 17.1. The van der Waals surface area contributed by atoms with Crippen molar-refractivity contribution in [1.82, 2.24) is 15.5 Å². The van der Waals surface area contributed by atoms with Crippen LogP contribution in [0.1, 0.15) is 22.0 Å². The minimum absolute atomic E-state index is 0.00925. The van der Waals surface area contributed by atoms with Crippen molar-refractivity contribution in [3.05, 3.63) is 90.0 Å². The fourth-order valence-electron chi connectivity index (χ4n) is 4.15. The normalized spacial score (nSPS) is 14.7. The molecule has 1 aliphatic rings. The van der Waals surface area contributed by atoms with E-state index in [0.717, 1.165) is 35.5 Å². The maximum atomic E-state index is 12.5. The summed E-state index contributed by atoms with van der Waals surface area (Å²) in [5.41, 5.74) is 3.73. The van der Waals surface area contributed by atoms with Crippen molar-refractivity contribution in [2.75, 3.05) is 46.5 Å². The lowest BCUT2D eigenvalue weighted by Crippen LogP contribution is -2.45. The lowest BCUT2D eigenvalue weighted by atomic mass is 10.0. The van der Waals surface area contributed by atoms with Gasteiger partial charge in [-0.3, -0.25) is 14.5 Å². The number of carbonyl (C=O) groups excluding carboxylic acids is 2. The second-order valence-electron chi connectivity index (χ2n) is 8.37. The monoisotopic (exact) mass is 473 g/mol. The molecule has 7 heteroatoms. The van der Waals surface area contributed by atoms with Crippen molar-refractivity contribution in [3.8, 4) is 16.9 Å². The van der Waals surface area contributed by atoms with Gasteiger partial charge in [0, 0.05) is 25.2 Å². The Morgan fingerprint density at radius 1 is 0.886 bits per heavy atom. The van der Waals surface area contributed by atoms with Gasteiger partial charge < -0.3 is 20.1 Å². The van der Waals surface area contributed by atoms with Crippen molar-refractivity contribution in [3.63, 3.8) is 0 Å². The van der Waals surface area contributed by atoms with Crippen LogP contribution in [0.25, 0.3) is 11.1 Å². The summed E-state index contributed by atoms with van der Waals surface area (Å²) in [5, 5.41) is 5.69. The average Bonchev–Trinajstić information content (AvgIpc) is 2.93. The van der Waals surface area contributed by atoms with E-state index < -0.39 is 0 Å². The maximum absolute atomic E-state index is 12.5. The van der Waals surface area contributed by atoms with Crippen molar-refractivity contribution < 1.29 is 19.1 Å². The molecule has 0 bridgehead atoms. The van der Waals surface area contributed by atoms with Crippen LogP contribution in [0, 0.1) is 0 Å². The van der Waals surface area contributed by atoms with Crippen LogP contribution < -0.4 is 15.4 Å². The lowest BCUT2D eigenvalue weighted by Gasteiger charge is -2.35. The third kappa shape index (κ3) is 6.68. The topological polar surface area (TPSA) is 79.9 Å². The molecule has 2 amide bonds. The Morgan fingerprint density at radius 3 is 2.20 bits per heavy atom. The Hall–Kier alpha value is -3.68. The first kappa shape index (κ1) is 24.4. The van der Waals surface area contributed by atoms with E-state index in [2.05, 4.69) is 15.5 Å². The number of morpholine rings is 1. The summed E-state index contributed by atoms with van der Waals surface area (Å²) in [6.07, 6.45) is 0. The summed E-state index contributed by atoms with van der Waals surface area (Å²) in [6.45, 7) is 3.27. The van der Waals surface area contributed by atoms with Crippen LogP contribution in [0.3, 0.4) is 0 Å². The highest BCUT2D eigenvalue weighted by Crippen LogP contribution is 2.24. The van der Waals surface area contributed by atoms with Crippen LogP contribution in [0.15, 0.2) is 78.9 Å². The predicted octanol–water partition coefficient (Wildman–Crippen LogP) is 3.28. The number of nitrogens with one attached hydrogen (secondary N) is 2. The van der Waals surface area contributed by atoms with E-state index in [-0.39, 0.29) is 24.4 Å². The molecular weight excluding hydrogens is 442 g/mol. The largest absolute Gasteiger partial charge is 0.497 e. The molecule has 7 nitrogen and oxygen atoms in total. The quantitative estimate of drug-likeness (QED) is 0.499. The van der Waals surface area contributed by atoms with Gasteiger partial charge in [-0.2, -0.15) is 0 Å². The molecule has 1 atom stereocenters. The summed E-state index contributed by atoms with van der Waals surface area (Å²) < 4.78 is 10.8. The first-order valence-corrected chi connectivity index (χ1v) is 11.8. The fraction of sp³-hybridized carbons (Fsp3) is 0.286. The molecule has 35 heavy (non-hydrogen) atoms. The molecule has 1 saturated heterocycles. The van der Waals surface area contributed by atoms with Gasteiger partial charge in [-0.1, -0.05) is 54.6 Å². The molecule has 0 aromatic heterocycles. The number of rotatable bonds is 9. The van der Waals surface area contributed by atoms with Crippen LogP contribution in [0.4, 0.5) is 0 Å². The highest BCUT2D eigenvalue weighted by Gasteiger charge is 2.23. The minimum atomic E-state index is -0.278. The SMILES string of the molecule is COc1ccc([C@H](CNC(=O)CNC(=O)c2ccc(-c3ccccc3)cc2)N2CCOCC2)cc1.